The molecule has 0 radical (unpaired) electrons. The number of benzene rings is 1. The molecule has 1 aromatic carbocycles. The number of hydrogen-bond acceptors (Lipinski definition) is 3. The molecule has 0 aliphatic carbocycles. The van der Waals surface area contributed by atoms with E-state index in [-0.39, 0.29) is 16.4 Å². The Morgan fingerprint density at radius 1 is 1.44 bits per heavy atom. The van der Waals surface area contributed by atoms with Gasteiger partial charge in [-0.15, -0.1) is 0 Å². The van der Waals surface area contributed by atoms with E-state index in [4.69, 9.17) is 34.1 Å². The predicted octanol–water partition coefficient (Wildman–Crippen LogP) is 2.25. The van der Waals surface area contributed by atoms with Crippen LogP contribution in [0.1, 0.15) is 24.2 Å². The van der Waals surface area contributed by atoms with Crippen molar-refractivity contribution in [2.75, 3.05) is 0 Å². The Balaban J connectivity index is 2.99. The lowest BCUT2D eigenvalue weighted by molar-refractivity contribution is 0.0931. The predicted molar refractivity (Wildman–Crippen MR) is 71.4 cm³/mol. The summed E-state index contributed by atoms with van der Waals surface area (Å²) < 4.78 is 0. The highest BCUT2D eigenvalue weighted by atomic mass is 35.5. The highest BCUT2D eigenvalue weighted by molar-refractivity contribution is 6.35. The third-order valence-electron chi connectivity index (χ3n) is 2.35. The number of oxime groups is 1. The van der Waals surface area contributed by atoms with Crippen LogP contribution in [0.3, 0.4) is 0 Å². The van der Waals surface area contributed by atoms with Crippen molar-refractivity contribution in [2.45, 2.75) is 19.4 Å². The van der Waals surface area contributed by atoms with Gasteiger partial charge in [-0.1, -0.05) is 28.4 Å². The lowest BCUT2D eigenvalue weighted by atomic mass is 10.0. The summed E-state index contributed by atoms with van der Waals surface area (Å²) in [5, 5.41) is 14.7. The Morgan fingerprint density at radius 2 is 2.06 bits per heavy atom. The molecule has 1 amide bonds. The van der Waals surface area contributed by atoms with Gasteiger partial charge in [-0.05, 0) is 32.0 Å². The molecule has 7 heteroatoms. The summed E-state index contributed by atoms with van der Waals surface area (Å²) in [6.45, 7) is 3.19. The standard InChI is InChI=1S/C11H13Cl2N3O2/c1-11(2,10(14)16-18)15-9(17)7-5-6(12)3-4-8(7)13/h3-5,18H,1-2H3,(H2,14,16)(H,15,17). The highest BCUT2D eigenvalue weighted by Gasteiger charge is 2.27. The highest BCUT2D eigenvalue weighted by Crippen LogP contribution is 2.21. The van der Waals surface area contributed by atoms with Crippen LogP contribution in [0.2, 0.25) is 10.0 Å². The quantitative estimate of drug-likeness (QED) is 0.345. The largest absolute Gasteiger partial charge is 0.409 e. The summed E-state index contributed by atoms with van der Waals surface area (Å²) in [6.07, 6.45) is 0. The van der Waals surface area contributed by atoms with Crippen LogP contribution in [0.5, 0.6) is 0 Å². The van der Waals surface area contributed by atoms with Gasteiger partial charge in [0.1, 0.15) is 0 Å². The Morgan fingerprint density at radius 3 is 2.61 bits per heavy atom. The van der Waals surface area contributed by atoms with Crippen LogP contribution in [-0.4, -0.2) is 22.5 Å². The molecule has 5 nitrogen and oxygen atoms in total. The summed E-state index contributed by atoms with van der Waals surface area (Å²) in [6, 6.07) is 4.55. The molecule has 0 heterocycles. The summed E-state index contributed by atoms with van der Waals surface area (Å²) in [5.74, 6) is -0.576. The molecular formula is C11H13Cl2N3O2. The first kappa shape index (κ1) is 14.6. The molecule has 0 spiro atoms. The summed E-state index contributed by atoms with van der Waals surface area (Å²) >= 11 is 11.7. The van der Waals surface area contributed by atoms with Crippen molar-refractivity contribution in [3.8, 4) is 0 Å². The number of nitrogens with one attached hydrogen (secondary N) is 1. The normalized spacial score (nSPS) is 12.3. The number of rotatable bonds is 3. The topological polar surface area (TPSA) is 87.7 Å². The maximum absolute atomic E-state index is 12.0. The van der Waals surface area contributed by atoms with Gasteiger partial charge in [0.05, 0.1) is 16.1 Å². The minimum atomic E-state index is -1.00. The number of nitrogens with two attached hydrogens (primary N) is 1. The van der Waals surface area contributed by atoms with Crippen LogP contribution in [0.25, 0.3) is 0 Å². The van der Waals surface area contributed by atoms with E-state index in [1.165, 1.54) is 12.1 Å². The van der Waals surface area contributed by atoms with Gasteiger partial charge in [0.2, 0.25) is 0 Å². The number of amidine groups is 1. The molecule has 0 aliphatic rings. The molecule has 4 N–H and O–H groups in total. The maximum atomic E-state index is 12.0. The Bertz CT molecular complexity index is 501. The monoisotopic (exact) mass is 289 g/mol. The van der Waals surface area contributed by atoms with E-state index < -0.39 is 11.4 Å². The number of nitrogens with zero attached hydrogens (tertiary/aromatic N) is 1. The Hall–Kier alpha value is -1.46. The summed E-state index contributed by atoms with van der Waals surface area (Å²) in [5.41, 5.74) is 4.69. The van der Waals surface area contributed by atoms with E-state index >= 15 is 0 Å². The van der Waals surface area contributed by atoms with E-state index in [1.807, 2.05) is 0 Å². The molecule has 1 rings (SSSR count). The van der Waals surface area contributed by atoms with Crippen molar-refractivity contribution in [2.24, 2.45) is 10.9 Å². The van der Waals surface area contributed by atoms with E-state index in [0.29, 0.717) is 5.02 Å². The second-order valence-electron chi connectivity index (χ2n) is 4.19. The fourth-order valence-corrected chi connectivity index (χ4v) is 1.59. The van der Waals surface area contributed by atoms with Gasteiger partial charge in [-0.25, -0.2) is 0 Å². The van der Waals surface area contributed by atoms with Crippen molar-refractivity contribution < 1.29 is 10.0 Å². The van der Waals surface area contributed by atoms with Crippen molar-refractivity contribution >= 4 is 34.9 Å². The zero-order valence-electron chi connectivity index (χ0n) is 9.87. The second-order valence-corrected chi connectivity index (χ2v) is 5.03. The van der Waals surface area contributed by atoms with Crippen molar-refractivity contribution in [1.29, 1.82) is 0 Å². The van der Waals surface area contributed by atoms with Gasteiger partial charge < -0.3 is 16.3 Å². The average Bonchev–Trinajstić information content (AvgIpc) is 2.30. The van der Waals surface area contributed by atoms with Gasteiger partial charge in [-0.3, -0.25) is 4.79 Å². The van der Waals surface area contributed by atoms with Gasteiger partial charge in [0, 0.05) is 5.02 Å². The van der Waals surface area contributed by atoms with Crippen LogP contribution in [-0.2, 0) is 0 Å². The third kappa shape index (κ3) is 3.27. The number of halogens is 2. The molecule has 0 fully saturated rings. The Kier molecular flexibility index (Phi) is 4.43. The fraction of sp³-hybridized carbons (Fsp3) is 0.273. The van der Waals surface area contributed by atoms with Gasteiger partial charge in [0.25, 0.3) is 5.91 Å². The molecule has 0 aliphatic heterocycles. The van der Waals surface area contributed by atoms with E-state index in [0.717, 1.165) is 0 Å². The van der Waals surface area contributed by atoms with E-state index in [1.54, 1.807) is 19.9 Å². The third-order valence-corrected chi connectivity index (χ3v) is 2.91. The number of hydrogen-bond donors (Lipinski definition) is 3. The lowest BCUT2D eigenvalue weighted by Gasteiger charge is -2.24. The van der Waals surface area contributed by atoms with Gasteiger partial charge in [0.15, 0.2) is 5.84 Å². The number of amides is 1. The van der Waals surface area contributed by atoms with Crippen molar-refractivity contribution in [1.82, 2.24) is 5.32 Å². The lowest BCUT2D eigenvalue weighted by Crippen LogP contribution is -2.53. The molecule has 0 saturated heterocycles. The van der Waals surface area contributed by atoms with Crippen LogP contribution >= 0.6 is 23.2 Å². The van der Waals surface area contributed by atoms with E-state index in [9.17, 15) is 4.79 Å². The smallest absolute Gasteiger partial charge is 0.253 e. The number of carbonyl (C=O) groups is 1. The SMILES string of the molecule is CC(C)(NC(=O)c1cc(Cl)ccc1Cl)/C(N)=N/O. The van der Waals surface area contributed by atoms with E-state index in [2.05, 4.69) is 10.5 Å². The van der Waals surface area contributed by atoms with Crippen LogP contribution in [0, 0.1) is 0 Å². The molecule has 0 saturated carbocycles. The summed E-state index contributed by atoms with van der Waals surface area (Å²) in [4.78, 5) is 12.0. The second kappa shape index (κ2) is 5.46. The summed E-state index contributed by atoms with van der Waals surface area (Å²) in [7, 11) is 0. The molecule has 0 unspecified atom stereocenters. The van der Waals surface area contributed by atoms with Gasteiger partial charge in [-0.2, -0.15) is 0 Å². The van der Waals surface area contributed by atoms with Crippen LogP contribution < -0.4 is 11.1 Å². The van der Waals surface area contributed by atoms with Crippen molar-refractivity contribution in [3.63, 3.8) is 0 Å². The zero-order chi connectivity index (χ0) is 13.9. The molecule has 1 aromatic rings. The minimum Gasteiger partial charge on any atom is -0.409 e. The molecule has 0 bridgehead atoms. The maximum Gasteiger partial charge on any atom is 0.253 e. The fourth-order valence-electron chi connectivity index (χ4n) is 1.21. The molecular weight excluding hydrogens is 277 g/mol. The molecule has 98 valence electrons. The van der Waals surface area contributed by atoms with Crippen LogP contribution in [0.15, 0.2) is 23.4 Å². The molecule has 0 atom stereocenters. The first-order valence-corrected chi connectivity index (χ1v) is 5.79. The van der Waals surface area contributed by atoms with Gasteiger partial charge >= 0.3 is 0 Å². The van der Waals surface area contributed by atoms with Crippen molar-refractivity contribution in [3.05, 3.63) is 33.8 Å². The number of carbonyl (C=O) groups excluding carboxylic acids is 1. The minimum absolute atomic E-state index is 0.117. The van der Waals surface area contributed by atoms with Crippen LogP contribution in [0.4, 0.5) is 0 Å². The molecule has 0 aromatic heterocycles. The zero-order valence-corrected chi connectivity index (χ0v) is 11.4. The average molecular weight is 290 g/mol. The first-order chi connectivity index (χ1) is 8.27. The molecule has 18 heavy (non-hydrogen) atoms. The Labute approximate surface area is 115 Å². The first-order valence-electron chi connectivity index (χ1n) is 5.03.